The Labute approximate surface area is 150 Å². The summed E-state index contributed by atoms with van der Waals surface area (Å²) in [6, 6.07) is 23.8. The van der Waals surface area contributed by atoms with Gasteiger partial charge >= 0.3 is 0 Å². The fourth-order valence-corrected chi connectivity index (χ4v) is 3.33. The monoisotopic (exact) mass is 352 g/mol. The topological polar surface area (TPSA) is 17.8 Å². The fraction of sp³-hybridized carbons (Fsp3) is 0.0500. The summed E-state index contributed by atoms with van der Waals surface area (Å²) in [7, 11) is 0. The van der Waals surface area contributed by atoms with E-state index in [1.807, 2.05) is 60.7 Å². The van der Waals surface area contributed by atoms with E-state index < -0.39 is 0 Å². The van der Waals surface area contributed by atoms with Crippen molar-refractivity contribution in [3.8, 4) is 11.4 Å². The van der Waals surface area contributed by atoms with Crippen LogP contribution in [-0.4, -0.2) is 9.55 Å². The highest BCUT2D eigenvalue weighted by atomic mass is 35.5. The molecule has 118 valence electrons. The molecule has 3 aromatic carbocycles. The minimum atomic E-state index is 0.682. The van der Waals surface area contributed by atoms with Crippen LogP contribution in [0.15, 0.2) is 72.8 Å². The van der Waals surface area contributed by atoms with Crippen LogP contribution < -0.4 is 0 Å². The van der Waals surface area contributed by atoms with Crippen LogP contribution in [0.4, 0.5) is 0 Å². The maximum Gasteiger partial charge on any atom is 0.142 e. The first-order valence-corrected chi connectivity index (χ1v) is 8.42. The number of hydrogen-bond acceptors (Lipinski definition) is 1. The lowest BCUT2D eigenvalue weighted by atomic mass is 10.2. The summed E-state index contributed by atoms with van der Waals surface area (Å²) in [6.45, 7) is 0.682. The third-order valence-corrected chi connectivity index (χ3v) is 4.56. The summed E-state index contributed by atoms with van der Waals surface area (Å²) in [5.74, 6) is 0.863. The van der Waals surface area contributed by atoms with Crippen molar-refractivity contribution in [1.29, 1.82) is 0 Å². The Hall–Kier alpha value is -2.29. The molecule has 4 heteroatoms. The van der Waals surface area contributed by atoms with Crippen LogP contribution in [0, 0.1) is 0 Å². The van der Waals surface area contributed by atoms with E-state index in [0.29, 0.717) is 11.6 Å². The standard InChI is InChI=1S/C20H14Cl2N2/c21-15-7-5-6-14(12-15)13-24-19-11-4-3-10-18(19)23-20(24)16-8-1-2-9-17(16)22/h1-12H,13H2. The molecule has 0 amide bonds. The SMILES string of the molecule is Clc1cccc(Cn2c(-c3ccccc3Cl)nc3ccccc32)c1. The average molecular weight is 353 g/mol. The van der Waals surface area contributed by atoms with Gasteiger partial charge in [-0.25, -0.2) is 4.98 Å². The zero-order valence-corrected chi connectivity index (χ0v) is 14.3. The molecule has 0 fully saturated rings. The Morgan fingerprint density at radius 2 is 1.62 bits per heavy atom. The summed E-state index contributed by atoms with van der Waals surface area (Å²) in [5.41, 5.74) is 4.08. The molecule has 0 saturated heterocycles. The molecule has 0 bridgehead atoms. The molecule has 0 unspecified atom stereocenters. The van der Waals surface area contributed by atoms with Crippen molar-refractivity contribution in [2.75, 3.05) is 0 Å². The van der Waals surface area contributed by atoms with Gasteiger partial charge in [-0.15, -0.1) is 0 Å². The van der Waals surface area contributed by atoms with E-state index in [2.05, 4.69) is 16.7 Å². The van der Waals surface area contributed by atoms with Crippen LogP contribution in [-0.2, 0) is 6.54 Å². The third-order valence-electron chi connectivity index (χ3n) is 4.00. The number of imidazole rings is 1. The summed E-state index contributed by atoms with van der Waals surface area (Å²) in [6.07, 6.45) is 0. The smallest absolute Gasteiger partial charge is 0.142 e. The lowest BCUT2D eigenvalue weighted by molar-refractivity contribution is 0.834. The molecule has 4 rings (SSSR count). The highest BCUT2D eigenvalue weighted by Gasteiger charge is 2.15. The van der Waals surface area contributed by atoms with E-state index >= 15 is 0 Å². The first kappa shape index (κ1) is 15.3. The van der Waals surface area contributed by atoms with Gasteiger partial charge in [-0.3, -0.25) is 0 Å². The Morgan fingerprint density at radius 1 is 0.833 bits per heavy atom. The Kier molecular flexibility index (Phi) is 4.01. The lowest BCUT2D eigenvalue weighted by Crippen LogP contribution is -2.02. The van der Waals surface area contributed by atoms with Crippen molar-refractivity contribution in [2.45, 2.75) is 6.54 Å². The molecule has 1 heterocycles. The largest absolute Gasteiger partial charge is 0.319 e. The molecule has 0 saturated carbocycles. The van der Waals surface area contributed by atoms with Crippen LogP contribution in [0.1, 0.15) is 5.56 Å². The van der Waals surface area contributed by atoms with Gasteiger partial charge in [0.05, 0.1) is 16.1 Å². The zero-order chi connectivity index (χ0) is 16.5. The number of nitrogens with zero attached hydrogens (tertiary/aromatic N) is 2. The van der Waals surface area contributed by atoms with Crippen LogP contribution >= 0.6 is 23.2 Å². The molecule has 2 nitrogen and oxygen atoms in total. The summed E-state index contributed by atoms with van der Waals surface area (Å²) >= 11 is 12.6. The van der Waals surface area contributed by atoms with Gasteiger partial charge in [-0.1, -0.05) is 59.6 Å². The molecular formula is C20H14Cl2N2. The van der Waals surface area contributed by atoms with Gasteiger partial charge in [-0.05, 0) is 42.0 Å². The van der Waals surface area contributed by atoms with Gasteiger partial charge in [0.1, 0.15) is 5.82 Å². The second-order valence-electron chi connectivity index (χ2n) is 5.62. The van der Waals surface area contributed by atoms with Crippen molar-refractivity contribution >= 4 is 34.2 Å². The molecule has 24 heavy (non-hydrogen) atoms. The van der Waals surface area contributed by atoms with Crippen molar-refractivity contribution in [2.24, 2.45) is 0 Å². The fourth-order valence-electron chi connectivity index (χ4n) is 2.90. The van der Waals surface area contributed by atoms with Crippen molar-refractivity contribution in [3.63, 3.8) is 0 Å². The molecular weight excluding hydrogens is 339 g/mol. The number of halogens is 2. The number of rotatable bonds is 3. The van der Waals surface area contributed by atoms with Gasteiger partial charge < -0.3 is 4.57 Å². The first-order valence-electron chi connectivity index (χ1n) is 7.67. The molecule has 0 atom stereocenters. The van der Waals surface area contributed by atoms with E-state index in [9.17, 15) is 0 Å². The van der Waals surface area contributed by atoms with E-state index in [0.717, 1.165) is 33.0 Å². The Balaban J connectivity index is 1.92. The summed E-state index contributed by atoms with van der Waals surface area (Å²) in [4.78, 5) is 4.81. The predicted octanol–water partition coefficient (Wildman–Crippen LogP) is 6.06. The van der Waals surface area contributed by atoms with Gasteiger partial charge in [0.25, 0.3) is 0 Å². The number of benzene rings is 3. The van der Waals surface area contributed by atoms with Gasteiger partial charge in [0, 0.05) is 17.1 Å². The Morgan fingerprint density at radius 3 is 2.46 bits per heavy atom. The third kappa shape index (κ3) is 2.79. The van der Waals surface area contributed by atoms with E-state index in [1.54, 1.807) is 0 Å². The second-order valence-corrected chi connectivity index (χ2v) is 6.46. The zero-order valence-electron chi connectivity index (χ0n) is 12.8. The van der Waals surface area contributed by atoms with Crippen molar-refractivity contribution < 1.29 is 0 Å². The molecule has 0 N–H and O–H groups in total. The number of fused-ring (bicyclic) bond motifs is 1. The molecule has 1 aromatic heterocycles. The quantitative estimate of drug-likeness (QED) is 0.438. The minimum Gasteiger partial charge on any atom is -0.319 e. The maximum absolute atomic E-state index is 6.41. The van der Waals surface area contributed by atoms with Gasteiger partial charge in [0.15, 0.2) is 0 Å². The highest BCUT2D eigenvalue weighted by Crippen LogP contribution is 2.31. The lowest BCUT2D eigenvalue weighted by Gasteiger charge is -2.11. The number of aromatic nitrogens is 2. The van der Waals surface area contributed by atoms with E-state index in [1.165, 1.54) is 0 Å². The first-order chi connectivity index (χ1) is 11.7. The normalized spacial score (nSPS) is 11.1. The molecule has 0 spiro atoms. The molecule has 0 radical (unpaired) electrons. The molecule has 0 aliphatic carbocycles. The average Bonchev–Trinajstić information content (AvgIpc) is 2.94. The van der Waals surface area contributed by atoms with Crippen LogP contribution in [0.3, 0.4) is 0 Å². The van der Waals surface area contributed by atoms with Gasteiger partial charge in [-0.2, -0.15) is 0 Å². The summed E-state index contributed by atoms with van der Waals surface area (Å²) in [5, 5.41) is 1.43. The Bertz CT molecular complexity index is 1020. The predicted molar refractivity (Wildman–Crippen MR) is 101 cm³/mol. The van der Waals surface area contributed by atoms with Crippen molar-refractivity contribution in [1.82, 2.24) is 9.55 Å². The number of hydrogen-bond donors (Lipinski definition) is 0. The maximum atomic E-state index is 6.41. The minimum absolute atomic E-state index is 0.682. The highest BCUT2D eigenvalue weighted by molar-refractivity contribution is 6.33. The second kappa shape index (κ2) is 6.31. The van der Waals surface area contributed by atoms with E-state index in [-0.39, 0.29) is 0 Å². The summed E-state index contributed by atoms with van der Waals surface area (Å²) < 4.78 is 2.18. The van der Waals surface area contributed by atoms with Crippen LogP contribution in [0.5, 0.6) is 0 Å². The van der Waals surface area contributed by atoms with Crippen molar-refractivity contribution in [3.05, 3.63) is 88.4 Å². The molecule has 0 aliphatic rings. The van der Waals surface area contributed by atoms with Crippen LogP contribution in [0.25, 0.3) is 22.4 Å². The van der Waals surface area contributed by atoms with Crippen LogP contribution in [0.2, 0.25) is 10.0 Å². The van der Waals surface area contributed by atoms with Gasteiger partial charge in [0.2, 0.25) is 0 Å². The molecule has 4 aromatic rings. The van der Waals surface area contributed by atoms with E-state index in [4.69, 9.17) is 28.2 Å². The number of para-hydroxylation sites is 2. The molecule has 0 aliphatic heterocycles.